The maximum absolute atomic E-state index is 4.43. The highest BCUT2D eigenvalue weighted by Crippen LogP contribution is 2.28. The van der Waals surface area contributed by atoms with E-state index >= 15 is 0 Å². The lowest BCUT2D eigenvalue weighted by atomic mass is 9.84. The van der Waals surface area contributed by atoms with E-state index in [0.717, 1.165) is 23.2 Å². The molecule has 5 heteroatoms. The fourth-order valence-electron chi connectivity index (χ4n) is 3.03. The normalized spacial score (nSPS) is 23.7. The number of aromatic nitrogens is 4. The summed E-state index contributed by atoms with van der Waals surface area (Å²) in [6, 6.07) is 0.523. The summed E-state index contributed by atoms with van der Waals surface area (Å²) in [5.41, 5.74) is 0.832. The summed E-state index contributed by atoms with van der Waals surface area (Å²) in [6.45, 7) is 4.24. The lowest BCUT2D eigenvalue weighted by molar-refractivity contribution is 0.327. The van der Waals surface area contributed by atoms with Crippen molar-refractivity contribution in [2.75, 3.05) is 5.32 Å². The fourth-order valence-corrected chi connectivity index (χ4v) is 3.03. The van der Waals surface area contributed by atoms with Crippen LogP contribution in [0.4, 0.5) is 5.82 Å². The summed E-state index contributed by atoms with van der Waals surface area (Å²) < 4.78 is 1.98. The average molecular weight is 259 g/mol. The van der Waals surface area contributed by atoms with Crippen molar-refractivity contribution in [2.24, 2.45) is 5.92 Å². The molecule has 0 saturated heterocycles. The molecule has 0 bridgehead atoms. The van der Waals surface area contributed by atoms with E-state index in [1.807, 2.05) is 23.7 Å². The molecular weight excluding hydrogens is 238 g/mol. The second-order valence-electron chi connectivity index (χ2n) is 5.50. The molecule has 1 saturated carbocycles. The van der Waals surface area contributed by atoms with Gasteiger partial charge in [0.1, 0.15) is 5.82 Å². The third-order valence-corrected chi connectivity index (χ3v) is 4.20. The van der Waals surface area contributed by atoms with E-state index in [9.17, 15) is 0 Å². The Balaban J connectivity index is 1.81. The molecule has 2 atom stereocenters. The molecule has 0 spiro atoms. The fraction of sp³-hybridized carbons (Fsp3) is 0.643. The van der Waals surface area contributed by atoms with Gasteiger partial charge in [0.15, 0.2) is 5.82 Å². The van der Waals surface area contributed by atoms with Crippen molar-refractivity contribution in [2.45, 2.75) is 52.0 Å². The van der Waals surface area contributed by atoms with E-state index in [-0.39, 0.29) is 0 Å². The van der Waals surface area contributed by atoms with Crippen molar-refractivity contribution in [1.82, 2.24) is 19.6 Å². The second kappa shape index (κ2) is 5.15. The Kier molecular flexibility index (Phi) is 3.36. The van der Waals surface area contributed by atoms with Crippen molar-refractivity contribution < 1.29 is 0 Å². The van der Waals surface area contributed by atoms with Crippen LogP contribution >= 0.6 is 0 Å². The van der Waals surface area contributed by atoms with Gasteiger partial charge in [-0.15, -0.1) is 10.2 Å². The third kappa shape index (κ3) is 2.41. The van der Waals surface area contributed by atoms with Crippen LogP contribution in [0.15, 0.2) is 12.4 Å². The smallest absolute Gasteiger partial charge is 0.203 e. The lowest BCUT2D eigenvalue weighted by Gasteiger charge is -2.29. The van der Waals surface area contributed by atoms with Gasteiger partial charge >= 0.3 is 0 Å². The molecule has 5 nitrogen and oxygen atoms in total. The van der Waals surface area contributed by atoms with Gasteiger partial charge in [-0.2, -0.15) is 0 Å². The summed E-state index contributed by atoms with van der Waals surface area (Å²) in [5.74, 6) is 2.62. The molecule has 0 aromatic carbocycles. The number of nitrogens with one attached hydrogen (secondary N) is 1. The second-order valence-corrected chi connectivity index (χ2v) is 5.50. The van der Waals surface area contributed by atoms with Crippen LogP contribution in [0.3, 0.4) is 0 Å². The third-order valence-electron chi connectivity index (χ3n) is 4.20. The first-order valence-electron chi connectivity index (χ1n) is 7.20. The quantitative estimate of drug-likeness (QED) is 0.921. The molecule has 1 fully saturated rings. The van der Waals surface area contributed by atoms with Crippen LogP contribution in [0.1, 0.15) is 44.9 Å². The Morgan fingerprint density at radius 2 is 2.26 bits per heavy atom. The number of rotatable bonds is 3. The predicted molar refractivity (Wildman–Crippen MR) is 75.2 cm³/mol. The Morgan fingerprint density at radius 3 is 3.11 bits per heavy atom. The molecule has 1 N–H and O–H groups in total. The van der Waals surface area contributed by atoms with E-state index < -0.39 is 0 Å². The monoisotopic (exact) mass is 259 g/mol. The Bertz CT molecular complexity index is 562. The maximum Gasteiger partial charge on any atom is 0.203 e. The minimum absolute atomic E-state index is 0.523. The number of nitrogens with zero attached hydrogens (tertiary/aromatic N) is 4. The summed E-state index contributed by atoms with van der Waals surface area (Å²) in [7, 11) is 0. The summed E-state index contributed by atoms with van der Waals surface area (Å²) >= 11 is 0. The molecular formula is C14H21N5. The molecule has 2 heterocycles. The average Bonchev–Trinajstić information content (AvgIpc) is 2.82. The molecule has 0 amide bonds. The minimum Gasteiger partial charge on any atom is -0.364 e. The Hall–Kier alpha value is -1.65. The van der Waals surface area contributed by atoms with Gasteiger partial charge in [0.25, 0.3) is 0 Å². The van der Waals surface area contributed by atoms with Crippen LogP contribution in [0.25, 0.3) is 5.65 Å². The zero-order valence-corrected chi connectivity index (χ0v) is 11.6. The number of hydrogen-bond donors (Lipinski definition) is 1. The first-order valence-corrected chi connectivity index (χ1v) is 7.20. The number of fused-ring (bicyclic) bond motifs is 1. The van der Waals surface area contributed by atoms with Crippen molar-refractivity contribution in [3.05, 3.63) is 18.2 Å². The van der Waals surface area contributed by atoms with Crippen molar-refractivity contribution in [3.8, 4) is 0 Å². The van der Waals surface area contributed by atoms with Crippen LogP contribution in [-0.4, -0.2) is 25.6 Å². The highest BCUT2D eigenvalue weighted by molar-refractivity contribution is 5.62. The van der Waals surface area contributed by atoms with Crippen molar-refractivity contribution >= 4 is 11.5 Å². The summed E-state index contributed by atoms with van der Waals surface area (Å²) in [6.07, 6.45) is 10.2. The van der Waals surface area contributed by atoms with Crippen LogP contribution in [0.5, 0.6) is 0 Å². The molecule has 2 aromatic heterocycles. The van der Waals surface area contributed by atoms with E-state index in [4.69, 9.17) is 0 Å². The SMILES string of the molecule is CCC1CCCC(Nc2nccn3c(C)nnc23)C1. The number of anilines is 1. The van der Waals surface area contributed by atoms with E-state index in [0.29, 0.717) is 6.04 Å². The van der Waals surface area contributed by atoms with Gasteiger partial charge in [-0.3, -0.25) is 4.40 Å². The van der Waals surface area contributed by atoms with Crippen molar-refractivity contribution in [1.29, 1.82) is 0 Å². The summed E-state index contributed by atoms with van der Waals surface area (Å²) in [4.78, 5) is 4.43. The van der Waals surface area contributed by atoms with Gasteiger partial charge in [-0.1, -0.05) is 26.2 Å². The van der Waals surface area contributed by atoms with E-state index in [1.165, 1.54) is 32.1 Å². The first kappa shape index (κ1) is 12.4. The van der Waals surface area contributed by atoms with E-state index in [2.05, 4.69) is 27.4 Å². The highest BCUT2D eigenvalue weighted by Gasteiger charge is 2.21. The molecule has 2 unspecified atom stereocenters. The first-order chi connectivity index (χ1) is 9.28. The molecule has 0 radical (unpaired) electrons. The topological polar surface area (TPSA) is 55.1 Å². The Labute approximate surface area is 113 Å². The highest BCUT2D eigenvalue weighted by atomic mass is 15.3. The van der Waals surface area contributed by atoms with Gasteiger partial charge < -0.3 is 5.32 Å². The lowest BCUT2D eigenvalue weighted by Crippen LogP contribution is -2.27. The zero-order valence-electron chi connectivity index (χ0n) is 11.6. The molecule has 102 valence electrons. The van der Waals surface area contributed by atoms with Crippen molar-refractivity contribution in [3.63, 3.8) is 0 Å². The van der Waals surface area contributed by atoms with Gasteiger partial charge in [-0.25, -0.2) is 4.98 Å². The van der Waals surface area contributed by atoms with Gasteiger partial charge in [0, 0.05) is 18.4 Å². The predicted octanol–water partition coefficient (Wildman–Crippen LogP) is 2.81. The molecule has 1 aliphatic rings. The zero-order chi connectivity index (χ0) is 13.2. The van der Waals surface area contributed by atoms with Gasteiger partial charge in [0.05, 0.1) is 0 Å². The molecule has 3 rings (SSSR count). The summed E-state index contributed by atoms with van der Waals surface area (Å²) in [5, 5.41) is 11.9. The van der Waals surface area contributed by atoms with Crippen LogP contribution in [0, 0.1) is 12.8 Å². The molecule has 1 aliphatic carbocycles. The maximum atomic E-state index is 4.43. The standard InChI is InChI=1S/C14H21N5/c1-3-11-5-4-6-12(9-11)16-13-14-18-17-10(2)19(14)8-7-15-13/h7-8,11-12H,3-6,9H2,1-2H3,(H,15,16). The van der Waals surface area contributed by atoms with E-state index in [1.54, 1.807) is 0 Å². The Morgan fingerprint density at radius 1 is 1.37 bits per heavy atom. The van der Waals surface area contributed by atoms with Crippen LogP contribution < -0.4 is 5.32 Å². The van der Waals surface area contributed by atoms with Crippen LogP contribution in [-0.2, 0) is 0 Å². The molecule has 19 heavy (non-hydrogen) atoms. The number of aryl methyl sites for hydroxylation is 1. The van der Waals surface area contributed by atoms with Gasteiger partial charge in [-0.05, 0) is 25.7 Å². The molecule has 0 aliphatic heterocycles. The number of hydrogen-bond acceptors (Lipinski definition) is 4. The minimum atomic E-state index is 0.523. The van der Waals surface area contributed by atoms with Crippen LogP contribution in [0.2, 0.25) is 0 Å². The van der Waals surface area contributed by atoms with Gasteiger partial charge in [0.2, 0.25) is 5.65 Å². The largest absolute Gasteiger partial charge is 0.364 e. The molecule has 2 aromatic rings.